The van der Waals surface area contributed by atoms with Gasteiger partial charge in [-0.15, -0.1) is 0 Å². The molecule has 1 aliphatic heterocycles. The van der Waals surface area contributed by atoms with Crippen LogP contribution in [-0.4, -0.2) is 45.6 Å². The van der Waals surface area contributed by atoms with Crippen molar-refractivity contribution in [2.45, 2.75) is 25.3 Å². The fraction of sp³-hybridized carbons (Fsp3) is 0.438. The standard InChI is InChI=1S/C16H20N6O/c1-17-14(23)8-13-21-12-9-20-16-11(4-7-19-16)15(12)22(13)10-2-5-18-6-3-10/h4,7,9-10,18H,2-3,5-6,8H2,1H3,(H,17,23)(H,19,20). The number of piperidine rings is 1. The Morgan fingerprint density at radius 2 is 2.26 bits per heavy atom. The molecule has 3 N–H and O–H groups in total. The van der Waals surface area contributed by atoms with Crippen LogP contribution in [0.2, 0.25) is 0 Å². The number of hydrogen-bond donors (Lipinski definition) is 3. The molecule has 120 valence electrons. The highest BCUT2D eigenvalue weighted by atomic mass is 16.1. The van der Waals surface area contributed by atoms with Crippen LogP contribution in [0.5, 0.6) is 0 Å². The van der Waals surface area contributed by atoms with Gasteiger partial charge in [0.15, 0.2) is 0 Å². The van der Waals surface area contributed by atoms with Crippen molar-refractivity contribution in [2.24, 2.45) is 0 Å². The highest BCUT2D eigenvalue weighted by molar-refractivity contribution is 6.01. The van der Waals surface area contributed by atoms with Gasteiger partial charge in [0.1, 0.15) is 17.0 Å². The first-order valence-corrected chi connectivity index (χ1v) is 8.02. The number of H-pyrrole nitrogens is 1. The van der Waals surface area contributed by atoms with Gasteiger partial charge in [-0.1, -0.05) is 0 Å². The van der Waals surface area contributed by atoms with Crippen molar-refractivity contribution >= 4 is 28.0 Å². The molecule has 0 atom stereocenters. The second-order valence-corrected chi connectivity index (χ2v) is 5.96. The molecule has 0 aliphatic carbocycles. The Morgan fingerprint density at radius 1 is 1.43 bits per heavy atom. The average molecular weight is 312 g/mol. The molecule has 1 aliphatic rings. The first-order valence-electron chi connectivity index (χ1n) is 8.02. The smallest absolute Gasteiger partial charge is 0.227 e. The molecule has 3 aromatic rings. The molecule has 0 aromatic carbocycles. The molecule has 0 radical (unpaired) electrons. The third-order valence-electron chi connectivity index (χ3n) is 4.58. The van der Waals surface area contributed by atoms with E-state index in [0.29, 0.717) is 12.5 Å². The summed E-state index contributed by atoms with van der Waals surface area (Å²) in [6.07, 6.45) is 6.07. The minimum Gasteiger partial charge on any atom is -0.359 e. The topological polar surface area (TPSA) is 87.6 Å². The van der Waals surface area contributed by atoms with E-state index < -0.39 is 0 Å². The lowest BCUT2D eigenvalue weighted by atomic mass is 10.1. The van der Waals surface area contributed by atoms with Crippen LogP contribution in [-0.2, 0) is 11.2 Å². The van der Waals surface area contributed by atoms with Crippen molar-refractivity contribution < 1.29 is 4.79 Å². The van der Waals surface area contributed by atoms with Crippen molar-refractivity contribution in [3.05, 3.63) is 24.3 Å². The van der Waals surface area contributed by atoms with E-state index in [1.54, 1.807) is 13.2 Å². The molecular formula is C16H20N6O. The second-order valence-electron chi connectivity index (χ2n) is 5.96. The molecule has 1 fully saturated rings. The van der Waals surface area contributed by atoms with Gasteiger partial charge in [-0.2, -0.15) is 0 Å². The quantitative estimate of drug-likeness (QED) is 0.676. The lowest BCUT2D eigenvalue weighted by Crippen LogP contribution is -2.31. The number of fused-ring (bicyclic) bond motifs is 3. The number of likely N-dealkylation sites (N-methyl/N-ethyl adjacent to an activating group) is 1. The monoisotopic (exact) mass is 312 g/mol. The van der Waals surface area contributed by atoms with Gasteiger partial charge in [-0.25, -0.2) is 9.97 Å². The van der Waals surface area contributed by atoms with Gasteiger partial charge < -0.3 is 20.2 Å². The number of nitrogens with zero attached hydrogens (tertiary/aromatic N) is 3. The van der Waals surface area contributed by atoms with E-state index in [1.807, 2.05) is 12.3 Å². The van der Waals surface area contributed by atoms with Crippen LogP contribution in [0.25, 0.3) is 22.1 Å². The zero-order chi connectivity index (χ0) is 15.8. The van der Waals surface area contributed by atoms with Crippen LogP contribution in [0.1, 0.15) is 24.7 Å². The fourth-order valence-corrected chi connectivity index (χ4v) is 3.46. The molecule has 0 spiro atoms. The van der Waals surface area contributed by atoms with E-state index in [4.69, 9.17) is 4.98 Å². The largest absolute Gasteiger partial charge is 0.359 e. The molecule has 1 amide bonds. The molecule has 0 saturated carbocycles. The van der Waals surface area contributed by atoms with Crippen LogP contribution < -0.4 is 10.6 Å². The van der Waals surface area contributed by atoms with E-state index >= 15 is 0 Å². The van der Waals surface area contributed by atoms with Crippen LogP contribution >= 0.6 is 0 Å². The summed E-state index contributed by atoms with van der Waals surface area (Å²) < 4.78 is 2.27. The summed E-state index contributed by atoms with van der Waals surface area (Å²) >= 11 is 0. The van der Waals surface area contributed by atoms with Gasteiger partial charge in [-0.05, 0) is 32.0 Å². The maximum Gasteiger partial charge on any atom is 0.227 e. The first-order chi connectivity index (χ1) is 11.3. The first kappa shape index (κ1) is 14.2. The Labute approximate surface area is 133 Å². The van der Waals surface area contributed by atoms with Crippen molar-refractivity contribution in [1.29, 1.82) is 0 Å². The molecule has 4 rings (SSSR count). The molecule has 0 bridgehead atoms. The van der Waals surface area contributed by atoms with E-state index in [0.717, 1.165) is 53.8 Å². The molecule has 7 heteroatoms. The fourth-order valence-electron chi connectivity index (χ4n) is 3.46. The average Bonchev–Trinajstić information content (AvgIpc) is 3.18. The van der Waals surface area contributed by atoms with E-state index in [2.05, 4.69) is 25.2 Å². The number of pyridine rings is 1. The number of rotatable bonds is 3. The number of carbonyl (C=O) groups excluding carboxylic acids is 1. The number of amides is 1. The lowest BCUT2D eigenvalue weighted by molar-refractivity contribution is -0.120. The minimum atomic E-state index is -0.0197. The molecule has 0 unspecified atom stereocenters. The zero-order valence-corrected chi connectivity index (χ0v) is 13.1. The highest BCUT2D eigenvalue weighted by Gasteiger charge is 2.24. The Hall–Kier alpha value is -2.41. The minimum absolute atomic E-state index is 0.0197. The maximum atomic E-state index is 11.9. The van der Waals surface area contributed by atoms with Crippen LogP contribution in [0.4, 0.5) is 0 Å². The van der Waals surface area contributed by atoms with Gasteiger partial charge in [0.25, 0.3) is 0 Å². The van der Waals surface area contributed by atoms with Gasteiger partial charge in [0.2, 0.25) is 5.91 Å². The van der Waals surface area contributed by atoms with Crippen molar-refractivity contribution in [2.75, 3.05) is 20.1 Å². The molecule has 3 aromatic heterocycles. The molecule has 1 saturated heterocycles. The number of nitrogens with one attached hydrogen (secondary N) is 3. The Bertz CT molecular complexity index is 858. The second kappa shape index (κ2) is 5.66. The van der Waals surface area contributed by atoms with E-state index in [9.17, 15) is 4.79 Å². The van der Waals surface area contributed by atoms with Gasteiger partial charge >= 0.3 is 0 Å². The normalized spacial score (nSPS) is 16.2. The van der Waals surface area contributed by atoms with Gasteiger partial charge in [0, 0.05) is 24.7 Å². The van der Waals surface area contributed by atoms with E-state index in [1.165, 1.54) is 0 Å². The third kappa shape index (κ3) is 2.37. The number of aromatic amines is 1. The molecule has 7 nitrogen and oxygen atoms in total. The maximum absolute atomic E-state index is 11.9. The zero-order valence-electron chi connectivity index (χ0n) is 13.1. The highest BCUT2D eigenvalue weighted by Crippen LogP contribution is 2.31. The number of aromatic nitrogens is 4. The third-order valence-corrected chi connectivity index (χ3v) is 4.58. The molecular weight excluding hydrogens is 292 g/mol. The van der Waals surface area contributed by atoms with Gasteiger partial charge in [0.05, 0.1) is 18.1 Å². The molecule has 4 heterocycles. The summed E-state index contributed by atoms with van der Waals surface area (Å²) in [5.74, 6) is 0.801. The predicted octanol–water partition coefficient (Wildman–Crippen LogP) is 1.13. The lowest BCUT2D eigenvalue weighted by Gasteiger charge is -2.26. The predicted molar refractivity (Wildman–Crippen MR) is 88.3 cm³/mol. The molecule has 23 heavy (non-hydrogen) atoms. The van der Waals surface area contributed by atoms with Crippen molar-refractivity contribution in [3.8, 4) is 0 Å². The summed E-state index contributed by atoms with van der Waals surface area (Å²) in [5.41, 5.74) is 2.80. The summed E-state index contributed by atoms with van der Waals surface area (Å²) in [4.78, 5) is 24.2. The van der Waals surface area contributed by atoms with Crippen LogP contribution in [0, 0.1) is 0 Å². The van der Waals surface area contributed by atoms with Gasteiger partial charge in [-0.3, -0.25) is 4.79 Å². The van der Waals surface area contributed by atoms with Crippen molar-refractivity contribution in [1.82, 2.24) is 30.2 Å². The number of imidazole rings is 1. The Balaban J connectivity index is 1.94. The SMILES string of the molecule is CNC(=O)Cc1nc2cnc3[nH]ccc3c2n1C1CCNCC1. The summed E-state index contributed by atoms with van der Waals surface area (Å²) in [6, 6.07) is 2.40. The van der Waals surface area contributed by atoms with Crippen molar-refractivity contribution in [3.63, 3.8) is 0 Å². The summed E-state index contributed by atoms with van der Waals surface area (Å²) in [5, 5.41) is 7.16. The number of carbonyl (C=O) groups is 1. The van der Waals surface area contributed by atoms with Crippen LogP contribution in [0.3, 0.4) is 0 Å². The summed E-state index contributed by atoms with van der Waals surface area (Å²) in [7, 11) is 1.66. The summed E-state index contributed by atoms with van der Waals surface area (Å²) in [6.45, 7) is 1.98. The van der Waals surface area contributed by atoms with Crippen LogP contribution in [0.15, 0.2) is 18.5 Å². The Kier molecular flexibility index (Phi) is 3.49. The number of hydrogen-bond acceptors (Lipinski definition) is 4. The van der Waals surface area contributed by atoms with E-state index in [-0.39, 0.29) is 5.91 Å². The Morgan fingerprint density at radius 3 is 3.04 bits per heavy atom.